The molecule has 2 N–H and O–H groups in total. The Labute approximate surface area is 153 Å². The predicted molar refractivity (Wildman–Crippen MR) is 98.0 cm³/mol. The Hall–Kier alpha value is -2.76. The Kier molecular flexibility index (Phi) is 5.44. The lowest BCUT2D eigenvalue weighted by Crippen LogP contribution is -2.45. The van der Waals surface area contributed by atoms with Crippen molar-refractivity contribution in [3.63, 3.8) is 0 Å². The molecule has 0 spiro atoms. The van der Waals surface area contributed by atoms with Gasteiger partial charge in [0.1, 0.15) is 5.75 Å². The third-order valence-corrected chi connectivity index (χ3v) is 5.23. The van der Waals surface area contributed by atoms with Gasteiger partial charge in [0.2, 0.25) is 0 Å². The summed E-state index contributed by atoms with van der Waals surface area (Å²) in [5, 5.41) is 20.1. The molecule has 0 atom stereocenters. The van der Waals surface area contributed by atoms with Crippen molar-refractivity contribution in [3.8, 4) is 5.75 Å². The van der Waals surface area contributed by atoms with Crippen LogP contribution in [0.3, 0.4) is 0 Å². The minimum atomic E-state index is -1.30. The van der Waals surface area contributed by atoms with Gasteiger partial charge in [-0.05, 0) is 33.3 Å². The number of hydrogen-bond acceptors (Lipinski definition) is 4. The van der Waals surface area contributed by atoms with Crippen molar-refractivity contribution in [1.82, 2.24) is 4.90 Å². The van der Waals surface area contributed by atoms with E-state index in [-0.39, 0.29) is 17.6 Å². The van der Waals surface area contributed by atoms with Crippen LogP contribution < -0.4 is 4.74 Å². The molecule has 1 aromatic carbocycles. The lowest BCUT2D eigenvalue weighted by atomic mass is 9.63. The van der Waals surface area contributed by atoms with E-state index in [0.29, 0.717) is 29.3 Å². The number of nitrogens with zero attached hydrogens (tertiary/aromatic N) is 1. The highest BCUT2D eigenvalue weighted by Crippen LogP contribution is 2.51. The van der Waals surface area contributed by atoms with Crippen molar-refractivity contribution in [3.05, 3.63) is 52.4 Å². The molecule has 1 heterocycles. The van der Waals surface area contributed by atoms with Crippen LogP contribution in [-0.4, -0.2) is 40.7 Å². The molecule has 0 fully saturated rings. The van der Waals surface area contributed by atoms with Crippen LogP contribution in [0.1, 0.15) is 39.7 Å². The zero-order valence-electron chi connectivity index (χ0n) is 15.8. The lowest BCUT2D eigenvalue weighted by Gasteiger charge is -2.44. The molecule has 26 heavy (non-hydrogen) atoms. The molecule has 140 valence electrons. The molecule has 6 nitrogen and oxygen atoms in total. The first-order valence-electron chi connectivity index (χ1n) is 8.58. The van der Waals surface area contributed by atoms with Crippen LogP contribution >= 0.6 is 0 Å². The third-order valence-electron chi connectivity index (χ3n) is 5.23. The maximum absolute atomic E-state index is 12.3. The number of carboxylic acids is 2. The van der Waals surface area contributed by atoms with E-state index < -0.39 is 17.4 Å². The van der Waals surface area contributed by atoms with Crippen molar-refractivity contribution >= 4 is 11.9 Å². The van der Waals surface area contributed by atoms with Gasteiger partial charge in [-0.1, -0.05) is 25.1 Å². The van der Waals surface area contributed by atoms with Crippen molar-refractivity contribution in [2.45, 2.75) is 39.5 Å². The molecular weight excluding hydrogens is 334 g/mol. The van der Waals surface area contributed by atoms with Crippen LogP contribution in [0.25, 0.3) is 0 Å². The van der Waals surface area contributed by atoms with Gasteiger partial charge in [0, 0.05) is 23.5 Å². The van der Waals surface area contributed by atoms with E-state index in [2.05, 4.69) is 0 Å². The second-order valence-electron chi connectivity index (χ2n) is 6.23. The second kappa shape index (κ2) is 7.23. The van der Waals surface area contributed by atoms with Gasteiger partial charge in [0.05, 0.1) is 23.7 Å². The highest BCUT2D eigenvalue weighted by molar-refractivity contribution is 6.01. The number of methoxy groups -OCH3 is 1. The molecule has 0 aromatic heterocycles. The quantitative estimate of drug-likeness (QED) is 0.809. The highest BCUT2D eigenvalue weighted by atomic mass is 16.5. The zero-order valence-corrected chi connectivity index (χ0v) is 15.8. The molecule has 6 heteroatoms. The van der Waals surface area contributed by atoms with Gasteiger partial charge in [-0.15, -0.1) is 0 Å². The fourth-order valence-electron chi connectivity index (χ4n) is 4.22. The van der Waals surface area contributed by atoms with Crippen molar-refractivity contribution in [2.24, 2.45) is 0 Å². The standard InChI is InChI=1S/C20H25NO5/c1-6-20(14-10-8-9-11-15(14)26-5)16(18(22)23)12(3)21(7-2)13(4)17(20)19(24)25/h8-11H,6-7H2,1-5H3,(H,22,23)(H,24,25). The van der Waals surface area contributed by atoms with Crippen LogP contribution in [0.2, 0.25) is 0 Å². The minimum Gasteiger partial charge on any atom is -0.496 e. The van der Waals surface area contributed by atoms with Gasteiger partial charge in [-0.2, -0.15) is 0 Å². The first-order chi connectivity index (χ1) is 12.3. The van der Waals surface area contributed by atoms with Gasteiger partial charge in [0.15, 0.2) is 0 Å². The summed E-state index contributed by atoms with van der Waals surface area (Å²) in [5.41, 5.74) is 0.507. The maximum atomic E-state index is 12.3. The van der Waals surface area contributed by atoms with Crippen molar-refractivity contribution in [1.29, 1.82) is 0 Å². The zero-order chi connectivity index (χ0) is 19.6. The van der Waals surface area contributed by atoms with Gasteiger partial charge in [-0.25, -0.2) is 9.59 Å². The largest absolute Gasteiger partial charge is 0.496 e. The highest BCUT2D eigenvalue weighted by Gasteiger charge is 2.51. The Morgan fingerprint density at radius 1 is 1.04 bits per heavy atom. The summed E-state index contributed by atoms with van der Waals surface area (Å²) in [6, 6.07) is 7.02. The second-order valence-corrected chi connectivity index (χ2v) is 6.23. The number of benzene rings is 1. The monoisotopic (exact) mass is 359 g/mol. The molecule has 0 unspecified atom stereocenters. The number of carboxylic acid groups (broad SMARTS) is 2. The van der Waals surface area contributed by atoms with Crippen LogP contribution in [0, 0.1) is 0 Å². The van der Waals surface area contributed by atoms with E-state index in [1.807, 2.05) is 6.92 Å². The minimum absolute atomic E-state index is 0.0781. The molecule has 0 bridgehead atoms. The van der Waals surface area contributed by atoms with Crippen molar-refractivity contribution in [2.75, 3.05) is 13.7 Å². The summed E-state index contributed by atoms with van der Waals surface area (Å²) in [7, 11) is 1.50. The van der Waals surface area contributed by atoms with E-state index in [0.717, 1.165) is 0 Å². The van der Waals surface area contributed by atoms with Gasteiger partial charge in [-0.3, -0.25) is 0 Å². The predicted octanol–water partition coefficient (Wildman–Crippen LogP) is 3.40. The summed E-state index contributed by atoms with van der Waals surface area (Å²) in [5.74, 6) is -1.78. The van der Waals surface area contributed by atoms with Crippen LogP contribution in [-0.2, 0) is 15.0 Å². The molecule has 1 aliphatic rings. The third kappa shape index (κ3) is 2.66. The number of allylic oxidation sites excluding steroid dienone is 2. The van der Waals surface area contributed by atoms with Crippen molar-refractivity contribution < 1.29 is 24.5 Å². The van der Waals surface area contributed by atoms with E-state index in [9.17, 15) is 19.8 Å². The summed E-state index contributed by atoms with van der Waals surface area (Å²) >= 11 is 0. The average molecular weight is 359 g/mol. The lowest BCUT2D eigenvalue weighted by molar-refractivity contribution is -0.134. The smallest absolute Gasteiger partial charge is 0.334 e. The molecule has 0 saturated heterocycles. The van der Waals surface area contributed by atoms with E-state index in [1.54, 1.807) is 49.9 Å². The van der Waals surface area contributed by atoms with Gasteiger partial charge in [0.25, 0.3) is 0 Å². The average Bonchev–Trinajstić information content (AvgIpc) is 2.60. The SMILES string of the molecule is CCN1C(C)=C(C(=O)O)C(CC)(c2ccccc2OC)C(C(=O)O)=C1C. The molecule has 2 rings (SSSR count). The maximum Gasteiger partial charge on any atom is 0.334 e. The van der Waals surface area contributed by atoms with Gasteiger partial charge < -0.3 is 19.8 Å². The van der Waals surface area contributed by atoms with Crippen LogP contribution in [0.15, 0.2) is 46.8 Å². The van der Waals surface area contributed by atoms with Crippen LogP contribution in [0.4, 0.5) is 0 Å². The van der Waals surface area contributed by atoms with E-state index in [1.165, 1.54) is 7.11 Å². The normalized spacial score (nSPS) is 16.7. The number of carbonyl (C=O) groups is 2. The fourth-order valence-corrected chi connectivity index (χ4v) is 4.22. The number of hydrogen-bond donors (Lipinski definition) is 2. The first-order valence-corrected chi connectivity index (χ1v) is 8.58. The van der Waals surface area contributed by atoms with Crippen LogP contribution in [0.5, 0.6) is 5.75 Å². The summed E-state index contributed by atoms with van der Waals surface area (Å²) in [6.45, 7) is 7.62. The molecule has 0 radical (unpaired) electrons. The topological polar surface area (TPSA) is 87.1 Å². The Bertz CT molecular complexity index is 768. The summed E-state index contributed by atoms with van der Waals surface area (Å²) in [4.78, 5) is 26.4. The molecule has 1 aromatic rings. The Morgan fingerprint density at radius 3 is 1.92 bits per heavy atom. The number of aliphatic carboxylic acids is 2. The molecule has 0 aliphatic carbocycles. The summed E-state index contributed by atoms with van der Waals surface area (Å²) < 4.78 is 5.46. The number of ether oxygens (including phenoxy) is 1. The van der Waals surface area contributed by atoms with E-state index in [4.69, 9.17) is 4.74 Å². The molecule has 0 amide bonds. The number of para-hydroxylation sites is 1. The molecule has 1 aliphatic heterocycles. The Morgan fingerprint density at radius 2 is 1.54 bits per heavy atom. The Balaban J connectivity index is 3.04. The molecule has 0 saturated carbocycles. The molecular formula is C20H25NO5. The first kappa shape index (κ1) is 19.6. The number of rotatable bonds is 6. The fraction of sp³-hybridized carbons (Fsp3) is 0.400. The van der Waals surface area contributed by atoms with E-state index >= 15 is 0 Å². The van der Waals surface area contributed by atoms with Gasteiger partial charge >= 0.3 is 11.9 Å². The summed E-state index contributed by atoms with van der Waals surface area (Å²) in [6.07, 6.45) is 0.281.